The smallest absolute Gasteiger partial charge is 0.338 e. The number of hydrazone groups is 1. The summed E-state index contributed by atoms with van der Waals surface area (Å²) < 4.78 is 16.2. The van der Waals surface area contributed by atoms with Gasteiger partial charge in [-0.3, -0.25) is 9.59 Å². The largest absolute Gasteiger partial charge is 0.484 e. The molecule has 9 nitrogen and oxygen atoms in total. The molecule has 0 atom stereocenters. The number of ether oxygens (including phenoxy) is 2. The van der Waals surface area contributed by atoms with Gasteiger partial charge in [0.25, 0.3) is 11.8 Å². The minimum atomic E-state index is -0.507. The lowest BCUT2D eigenvalue weighted by atomic mass is 10.1. The van der Waals surface area contributed by atoms with Crippen molar-refractivity contribution in [2.75, 3.05) is 13.2 Å². The second kappa shape index (κ2) is 12.0. The van der Waals surface area contributed by atoms with Gasteiger partial charge in [0, 0.05) is 5.56 Å². The Kier molecular flexibility index (Phi) is 8.56. The van der Waals surface area contributed by atoms with Crippen LogP contribution in [-0.4, -0.2) is 43.3 Å². The minimum Gasteiger partial charge on any atom is -0.484 e. The Morgan fingerprint density at radius 2 is 1.79 bits per heavy atom. The summed E-state index contributed by atoms with van der Waals surface area (Å²) in [6.07, 6.45) is 1.12. The van der Waals surface area contributed by atoms with Crippen molar-refractivity contribution in [3.8, 4) is 17.1 Å². The number of amides is 2. The van der Waals surface area contributed by atoms with E-state index in [2.05, 4.69) is 15.8 Å². The molecule has 3 aromatic rings. The lowest BCUT2D eigenvalue weighted by Crippen LogP contribution is -2.37. The molecule has 0 aliphatic carbocycles. The molecule has 9 heteroatoms. The summed E-state index contributed by atoms with van der Waals surface area (Å²) in [5.41, 5.74) is 3.42. The van der Waals surface area contributed by atoms with Crippen molar-refractivity contribution >= 4 is 24.0 Å². The highest BCUT2D eigenvalue weighted by atomic mass is 16.5. The summed E-state index contributed by atoms with van der Waals surface area (Å²) in [6.45, 7) is 3.11. The number of rotatable bonds is 10. The molecular weight excluding hydrogens is 438 g/mol. The first-order valence-corrected chi connectivity index (χ1v) is 10.6. The molecule has 34 heavy (non-hydrogen) atoms. The van der Waals surface area contributed by atoms with Crippen LogP contribution in [0.15, 0.2) is 76.2 Å². The predicted octanol–water partition coefficient (Wildman–Crippen LogP) is 3.16. The molecule has 3 rings (SSSR count). The number of hydrogen-bond acceptors (Lipinski definition) is 7. The topological polar surface area (TPSA) is 119 Å². The highest BCUT2D eigenvalue weighted by molar-refractivity contribution is 5.91. The molecule has 176 valence electrons. The molecule has 0 aliphatic heterocycles. The van der Waals surface area contributed by atoms with Gasteiger partial charge in [0.05, 0.1) is 24.4 Å². The molecule has 1 heterocycles. The zero-order valence-corrected chi connectivity index (χ0v) is 18.8. The van der Waals surface area contributed by atoms with Crippen LogP contribution in [0.4, 0.5) is 0 Å². The monoisotopic (exact) mass is 463 g/mol. The standard InChI is InChI=1S/C25H25N3O6/c1-17(2)33-25(31)19-8-6-7-18(13-19)22-12-11-21(34-22)14-27-28-23(29)15-26-24(30)16-32-20-9-4-3-5-10-20/h3-14,17H,15-16H2,1-2H3,(H,26,30)(H,28,29)/b27-14-. The van der Waals surface area contributed by atoms with Gasteiger partial charge in [-0.2, -0.15) is 5.10 Å². The van der Waals surface area contributed by atoms with Crippen molar-refractivity contribution in [3.63, 3.8) is 0 Å². The molecular formula is C25H25N3O6. The van der Waals surface area contributed by atoms with Crippen LogP contribution in [0.1, 0.15) is 30.0 Å². The number of carbonyl (C=O) groups is 3. The Morgan fingerprint density at radius 3 is 2.56 bits per heavy atom. The fraction of sp³-hybridized carbons (Fsp3) is 0.200. The lowest BCUT2D eigenvalue weighted by Gasteiger charge is -2.08. The highest BCUT2D eigenvalue weighted by Crippen LogP contribution is 2.23. The van der Waals surface area contributed by atoms with E-state index in [1.807, 2.05) is 6.07 Å². The maximum absolute atomic E-state index is 12.1. The van der Waals surface area contributed by atoms with Crippen molar-refractivity contribution in [2.45, 2.75) is 20.0 Å². The Morgan fingerprint density at radius 1 is 1.00 bits per heavy atom. The third kappa shape index (κ3) is 7.63. The Bertz CT molecular complexity index is 1150. The van der Waals surface area contributed by atoms with E-state index >= 15 is 0 Å². The van der Waals surface area contributed by atoms with E-state index in [-0.39, 0.29) is 19.3 Å². The number of benzene rings is 2. The molecule has 2 aromatic carbocycles. The third-order valence-electron chi connectivity index (χ3n) is 4.29. The molecule has 0 aliphatic rings. The number of furan rings is 1. The van der Waals surface area contributed by atoms with Crippen LogP contribution < -0.4 is 15.5 Å². The summed E-state index contributed by atoms with van der Waals surface area (Å²) in [4.78, 5) is 35.7. The van der Waals surface area contributed by atoms with Gasteiger partial charge >= 0.3 is 5.97 Å². The molecule has 0 radical (unpaired) electrons. The summed E-state index contributed by atoms with van der Waals surface area (Å²) in [7, 11) is 0. The molecule has 0 saturated heterocycles. The molecule has 2 amide bonds. The Hall–Kier alpha value is -4.40. The minimum absolute atomic E-state index is 0.202. The van der Waals surface area contributed by atoms with Gasteiger partial charge in [-0.1, -0.05) is 30.3 Å². The van der Waals surface area contributed by atoms with E-state index in [4.69, 9.17) is 13.9 Å². The molecule has 0 fully saturated rings. The average molecular weight is 463 g/mol. The van der Waals surface area contributed by atoms with Gasteiger partial charge in [0.15, 0.2) is 6.61 Å². The zero-order chi connectivity index (χ0) is 24.3. The molecule has 0 bridgehead atoms. The first-order valence-electron chi connectivity index (χ1n) is 10.6. The van der Waals surface area contributed by atoms with Crippen molar-refractivity contribution in [3.05, 3.63) is 78.1 Å². The van der Waals surface area contributed by atoms with Crippen LogP contribution in [0.5, 0.6) is 5.75 Å². The van der Waals surface area contributed by atoms with Gasteiger partial charge in [-0.25, -0.2) is 10.2 Å². The number of hydrogen-bond donors (Lipinski definition) is 2. The number of esters is 1. The first-order chi connectivity index (χ1) is 16.4. The van der Waals surface area contributed by atoms with E-state index in [1.54, 1.807) is 74.5 Å². The Labute approximate surface area is 196 Å². The summed E-state index contributed by atoms with van der Waals surface area (Å²) in [5, 5.41) is 6.27. The van der Waals surface area contributed by atoms with E-state index in [1.165, 1.54) is 6.21 Å². The molecule has 0 saturated carbocycles. The maximum Gasteiger partial charge on any atom is 0.338 e. The van der Waals surface area contributed by atoms with Crippen LogP contribution in [-0.2, 0) is 14.3 Å². The van der Waals surface area contributed by atoms with Crippen LogP contribution in [0.25, 0.3) is 11.3 Å². The molecule has 0 spiro atoms. The van der Waals surface area contributed by atoms with Crippen molar-refractivity contribution < 1.29 is 28.3 Å². The van der Waals surface area contributed by atoms with E-state index in [0.717, 1.165) is 0 Å². The highest BCUT2D eigenvalue weighted by Gasteiger charge is 2.12. The van der Waals surface area contributed by atoms with E-state index in [0.29, 0.717) is 28.4 Å². The maximum atomic E-state index is 12.1. The average Bonchev–Trinajstić information content (AvgIpc) is 3.31. The molecule has 0 unspecified atom stereocenters. The fourth-order valence-electron chi connectivity index (χ4n) is 2.76. The Balaban J connectivity index is 1.45. The molecule has 1 aromatic heterocycles. The summed E-state index contributed by atoms with van der Waals surface area (Å²) in [6, 6.07) is 19.2. The van der Waals surface area contributed by atoms with Gasteiger partial charge in [0.1, 0.15) is 17.3 Å². The fourth-order valence-corrected chi connectivity index (χ4v) is 2.76. The summed E-state index contributed by atoms with van der Waals surface area (Å²) >= 11 is 0. The predicted molar refractivity (Wildman–Crippen MR) is 125 cm³/mol. The van der Waals surface area contributed by atoms with Gasteiger partial charge in [-0.15, -0.1) is 0 Å². The number of nitrogens with zero attached hydrogens (tertiary/aromatic N) is 1. The van der Waals surface area contributed by atoms with Crippen molar-refractivity contribution in [1.29, 1.82) is 0 Å². The van der Waals surface area contributed by atoms with Gasteiger partial charge < -0.3 is 19.2 Å². The van der Waals surface area contributed by atoms with Gasteiger partial charge in [-0.05, 0) is 50.2 Å². The van der Waals surface area contributed by atoms with Crippen LogP contribution in [0.3, 0.4) is 0 Å². The number of nitrogens with one attached hydrogen (secondary N) is 2. The van der Waals surface area contributed by atoms with E-state index in [9.17, 15) is 14.4 Å². The number of para-hydroxylation sites is 1. The van der Waals surface area contributed by atoms with Crippen LogP contribution >= 0.6 is 0 Å². The SMILES string of the molecule is CC(C)OC(=O)c1cccc(-c2ccc(/C=N\NC(=O)CNC(=O)COc3ccccc3)o2)c1. The summed E-state index contributed by atoms with van der Waals surface area (Å²) in [5.74, 6) is 0.132. The first kappa shape index (κ1) is 24.2. The second-order valence-corrected chi connectivity index (χ2v) is 7.41. The van der Waals surface area contributed by atoms with Crippen molar-refractivity contribution in [2.24, 2.45) is 5.10 Å². The second-order valence-electron chi connectivity index (χ2n) is 7.41. The lowest BCUT2D eigenvalue weighted by molar-refractivity contribution is -0.127. The normalized spacial score (nSPS) is 10.8. The number of carbonyl (C=O) groups excluding carboxylic acids is 3. The third-order valence-corrected chi connectivity index (χ3v) is 4.29. The van der Waals surface area contributed by atoms with E-state index < -0.39 is 17.8 Å². The van der Waals surface area contributed by atoms with Crippen molar-refractivity contribution in [1.82, 2.24) is 10.7 Å². The van der Waals surface area contributed by atoms with Crippen LogP contribution in [0, 0.1) is 0 Å². The van der Waals surface area contributed by atoms with Crippen LogP contribution in [0.2, 0.25) is 0 Å². The zero-order valence-electron chi connectivity index (χ0n) is 18.8. The quantitative estimate of drug-likeness (QED) is 0.271. The van der Waals surface area contributed by atoms with Gasteiger partial charge in [0.2, 0.25) is 0 Å². The molecule has 2 N–H and O–H groups in total.